The van der Waals surface area contributed by atoms with Crippen LogP contribution in [0.2, 0.25) is 0 Å². The highest BCUT2D eigenvalue weighted by Crippen LogP contribution is 2.19. The minimum atomic E-state index is 0.322. The Morgan fingerprint density at radius 1 is 0.647 bits per heavy atom. The van der Waals surface area contributed by atoms with E-state index in [1.54, 1.807) is 35.4 Å². The van der Waals surface area contributed by atoms with Crippen LogP contribution in [-0.2, 0) is 12.8 Å². The Kier molecular flexibility index (Phi) is 4.20. The minimum Gasteiger partial charge on any atom is -0.508 e. The Bertz CT molecular complexity index is 423. The Hall–Kier alpha value is -1.76. The average Bonchev–Trinajstić information content (AvgIpc) is 2.41. The summed E-state index contributed by atoms with van der Waals surface area (Å²) in [5, 5.41) is 8.63. The van der Waals surface area contributed by atoms with Crippen molar-refractivity contribution >= 4 is 0 Å². The lowest BCUT2D eigenvalue weighted by molar-refractivity contribution is 0.475. The van der Waals surface area contributed by atoms with Crippen LogP contribution < -0.4 is 0 Å². The largest absolute Gasteiger partial charge is 0.508 e. The molecule has 17 heavy (non-hydrogen) atoms. The van der Waals surface area contributed by atoms with Crippen LogP contribution >= 0.6 is 0 Å². The summed E-state index contributed by atoms with van der Waals surface area (Å²) in [6.45, 7) is 0. The van der Waals surface area contributed by atoms with E-state index < -0.39 is 0 Å². The van der Waals surface area contributed by atoms with Gasteiger partial charge in [-0.25, -0.2) is 0 Å². The molecule has 0 saturated carbocycles. The lowest BCUT2D eigenvalue weighted by Crippen LogP contribution is -2.00. The first-order chi connectivity index (χ1) is 8.36. The minimum absolute atomic E-state index is 0.322. The number of benzene rings is 2. The van der Waals surface area contributed by atoms with Gasteiger partial charge < -0.3 is 5.11 Å². The van der Waals surface area contributed by atoms with Gasteiger partial charge in [0.25, 0.3) is 0 Å². The van der Waals surface area contributed by atoms with Gasteiger partial charge in [0.15, 0.2) is 0 Å². The summed E-state index contributed by atoms with van der Waals surface area (Å²) >= 11 is 0. The lowest BCUT2D eigenvalue weighted by atomic mass is 9.92. The molecular formula is C16H18O. The standard InChI is InChI=1S/C10H12.C6H6O/c1-2-6-10-8-4-3-7-9(10)5-1;7-6-4-2-1-3-5-6/h1-2,5-6H,3-4,7-8H2;1-5,7H. The molecule has 0 radical (unpaired) electrons. The first kappa shape index (κ1) is 11.7. The van der Waals surface area contributed by atoms with E-state index in [0.29, 0.717) is 5.75 Å². The maximum atomic E-state index is 8.63. The van der Waals surface area contributed by atoms with Gasteiger partial charge in [0, 0.05) is 0 Å². The van der Waals surface area contributed by atoms with Crippen LogP contribution in [0.4, 0.5) is 0 Å². The van der Waals surface area contributed by atoms with Crippen LogP contribution in [0.15, 0.2) is 54.6 Å². The van der Waals surface area contributed by atoms with Gasteiger partial charge in [0.1, 0.15) is 5.75 Å². The molecule has 0 aromatic heterocycles. The maximum absolute atomic E-state index is 8.63. The summed E-state index contributed by atoms with van der Waals surface area (Å²) in [5.74, 6) is 0.322. The SMILES string of the molecule is Oc1ccccc1.c1ccc2c(c1)CCCC2. The highest BCUT2D eigenvalue weighted by atomic mass is 16.3. The number of phenolic OH excluding ortho intramolecular Hbond substituents is 1. The first-order valence-corrected chi connectivity index (χ1v) is 6.17. The van der Waals surface area contributed by atoms with Crippen molar-refractivity contribution in [3.05, 3.63) is 65.7 Å². The van der Waals surface area contributed by atoms with E-state index >= 15 is 0 Å². The number of fused-ring (bicyclic) bond motifs is 1. The molecule has 2 aromatic carbocycles. The molecule has 88 valence electrons. The van der Waals surface area contributed by atoms with Crippen LogP contribution in [-0.4, -0.2) is 5.11 Å². The predicted octanol–water partition coefficient (Wildman–Crippen LogP) is 3.96. The van der Waals surface area contributed by atoms with Gasteiger partial charge in [-0.2, -0.15) is 0 Å². The molecule has 0 spiro atoms. The Morgan fingerprint density at radius 2 is 1.12 bits per heavy atom. The molecule has 1 N–H and O–H groups in total. The highest BCUT2D eigenvalue weighted by Gasteiger charge is 2.05. The lowest BCUT2D eigenvalue weighted by Gasteiger charge is -2.13. The van der Waals surface area contributed by atoms with E-state index in [0.717, 1.165) is 0 Å². The summed E-state index contributed by atoms with van der Waals surface area (Å²) in [6.07, 6.45) is 5.38. The van der Waals surface area contributed by atoms with E-state index in [1.807, 2.05) is 6.07 Å². The third-order valence-electron chi connectivity index (χ3n) is 3.02. The van der Waals surface area contributed by atoms with Crippen molar-refractivity contribution in [2.75, 3.05) is 0 Å². The molecule has 1 aliphatic carbocycles. The number of para-hydroxylation sites is 1. The molecule has 0 bridgehead atoms. The summed E-state index contributed by atoms with van der Waals surface area (Å²) in [5.41, 5.74) is 3.16. The van der Waals surface area contributed by atoms with Gasteiger partial charge in [-0.3, -0.25) is 0 Å². The van der Waals surface area contributed by atoms with Crippen molar-refractivity contribution in [3.63, 3.8) is 0 Å². The molecule has 0 amide bonds. The predicted molar refractivity (Wildman–Crippen MR) is 71.2 cm³/mol. The Balaban J connectivity index is 0.000000136. The van der Waals surface area contributed by atoms with Gasteiger partial charge >= 0.3 is 0 Å². The summed E-state index contributed by atoms with van der Waals surface area (Å²) in [7, 11) is 0. The third kappa shape index (κ3) is 3.63. The zero-order valence-electron chi connectivity index (χ0n) is 9.97. The number of hydrogen-bond acceptors (Lipinski definition) is 1. The van der Waals surface area contributed by atoms with Gasteiger partial charge in [-0.1, -0.05) is 42.5 Å². The maximum Gasteiger partial charge on any atom is 0.115 e. The van der Waals surface area contributed by atoms with Crippen molar-refractivity contribution < 1.29 is 5.11 Å². The van der Waals surface area contributed by atoms with E-state index in [-0.39, 0.29) is 0 Å². The second kappa shape index (κ2) is 6.09. The second-order valence-electron chi connectivity index (χ2n) is 4.31. The van der Waals surface area contributed by atoms with Crippen molar-refractivity contribution in [3.8, 4) is 5.75 Å². The smallest absolute Gasteiger partial charge is 0.115 e. The Labute approximate surface area is 103 Å². The van der Waals surface area contributed by atoms with E-state index in [4.69, 9.17) is 5.11 Å². The molecule has 0 saturated heterocycles. The van der Waals surface area contributed by atoms with Crippen molar-refractivity contribution in [2.45, 2.75) is 25.7 Å². The Morgan fingerprint density at radius 3 is 1.53 bits per heavy atom. The van der Waals surface area contributed by atoms with Gasteiger partial charge in [0.2, 0.25) is 0 Å². The van der Waals surface area contributed by atoms with Crippen LogP contribution in [0.3, 0.4) is 0 Å². The average molecular weight is 226 g/mol. The summed E-state index contributed by atoms with van der Waals surface area (Å²) < 4.78 is 0. The molecule has 1 heteroatoms. The molecule has 1 nitrogen and oxygen atoms in total. The number of rotatable bonds is 0. The molecule has 0 heterocycles. The molecule has 1 aliphatic rings. The molecular weight excluding hydrogens is 208 g/mol. The summed E-state index contributed by atoms with van der Waals surface area (Å²) in [4.78, 5) is 0. The number of hydrogen-bond donors (Lipinski definition) is 1. The molecule has 0 unspecified atom stereocenters. The monoisotopic (exact) mass is 226 g/mol. The molecule has 0 fully saturated rings. The quantitative estimate of drug-likeness (QED) is 0.721. The number of aryl methyl sites for hydroxylation is 2. The highest BCUT2D eigenvalue weighted by molar-refractivity contribution is 5.28. The van der Waals surface area contributed by atoms with Crippen LogP contribution in [0.25, 0.3) is 0 Å². The summed E-state index contributed by atoms with van der Waals surface area (Å²) in [6, 6.07) is 17.5. The first-order valence-electron chi connectivity index (χ1n) is 6.17. The van der Waals surface area contributed by atoms with Crippen molar-refractivity contribution in [2.24, 2.45) is 0 Å². The van der Waals surface area contributed by atoms with E-state index in [1.165, 1.54) is 25.7 Å². The molecule has 0 aliphatic heterocycles. The van der Waals surface area contributed by atoms with Crippen molar-refractivity contribution in [1.82, 2.24) is 0 Å². The van der Waals surface area contributed by atoms with E-state index in [9.17, 15) is 0 Å². The topological polar surface area (TPSA) is 20.2 Å². The van der Waals surface area contributed by atoms with Crippen LogP contribution in [0.1, 0.15) is 24.0 Å². The van der Waals surface area contributed by atoms with E-state index in [2.05, 4.69) is 24.3 Å². The zero-order valence-corrected chi connectivity index (χ0v) is 9.97. The van der Waals surface area contributed by atoms with Crippen LogP contribution in [0, 0.1) is 0 Å². The fourth-order valence-electron chi connectivity index (χ4n) is 2.10. The number of aromatic hydroxyl groups is 1. The number of phenols is 1. The molecule has 3 rings (SSSR count). The van der Waals surface area contributed by atoms with Crippen LogP contribution in [0.5, 0.6) is 5.75 Å². The van der Waals surface area contributed by atoms with Gasteiger partial charge in [-0.15, -0.1) is 0 Å². The zero-order chi connectivity index (χ0) is 11.9. The molecule has 0 atom stereocenters. The second-order valence-corrected chi connectivity index (χ2v) is 4.31. The molecule has 2 aromatic rings. The normalized spacial score (nSPS) is 13.2. The third-order valence-corrected chi connectivity index (χ3v) is 3.02. The van der Waals surface area contributed by atoms with Gasteiger partial charge in [0.05, 0.1) is 0 Å². The van der Waals surface area contributed by atoms with Gasteiger partial charge in [-0.05, 0) is 48.9 Å². The van der Waals surface area contributed by atoms with Crippen molar-refractivity contribution in [1.29, 1.82) is 0 Å². The fourth-order valence-corrected chi connectivity index (χ4v) is 2.10. The fraction of sp³-hybridized carbons (Fsp3) is 0.250.